The van der Waals surface area contributed by atoms with E-state index in [1.54, 1.807) is 37.0 Å². The van der Waals surface area contributed by atoms with Crippen LogP contribution in [0, 0.1) is 0 Å². The Hall–Kier alpha value is -3.37. The average molecular weight is 448 g/mol. The molecule has 0 atom stereocenters. The van der Waals surface area contributed by atoms with Crippen LogP contribution < -0.4 is 4.74 Å². The fourth-order valence-corrected chi connectivity index (χ4v) is 4.88. The summed E-state index contributed by atoms with van der Waals surface area (Å²) in [6.07, 6.45) is 5.71. The van der Waals surface area contributed by atoms with Crippen molar-refractivity contribution in [2.45, 2.75) is 23.5 Å². The fourth-order valence-electron chi connectivity index (χ4n) is 3.07. The van der Waals surface area contributed by atoms with Crippen LogP contribution in [-0.2, 0) is 6.42 Å². The van der Waals surface area contributed by atoms with E-state index in [4.69, 9.17) is 9.72 Å². The lowest BCUT2D eigenvalue weighted by atomic mass is 10.3. The van der Waals surface area contributed by atoms with Crippen LogP contribution in [0.1, 0.15) is 12.7 Å². The third-order valence-corrected chi connectivity index (χ3v) is 6.35. The Morgan fingerprint density at radius 2 is 1.94 bits per heavy atom. The molecule has 5 rings (SSSR count). The molecule has 31 heavy (non-hydrogen) atoms. The van der Waals surface area contributed by atoms with Crippen molar-refractivity contribution in [3.63, 3.8) is 0 Å². The molecule has 8 nitrogen and oxygen atoms in total. The van der Waals surface area contributed by atoms with E-state index in [-0.39, 0.29) is 0 Å². The second-order valence-electron chi connectivity index (χ2n) is 6.47. The third-order valence-electron chi connectivity index (χ3n) is 4.60. The molecule has 4 heterocycles. The predicted molar refractivity (Wildman–Crippen MR) is 120 cm³/mol. The number of hydrogen-bond acceptors (Lipinski definition) is 9. The molecule has 0 saturated carbocycles. The Bertz CT molecular complexity index is 1330. The summed E-state index contributed by atoms with van der Waals surface area (Å²) >= 11 is 3.07. The van der Waals surface area contributed by atoms with E-state index in [0.717, 1.165) is 38.9 Å². The van der Waals surface area contributed by atoms with E-state index in [0.29, 0.717) is 16.7 Å². The van der Waals surface area contributed by atoms with Crippen molar-refractivity contribution in [2.75, 3.05) is 7.11 Å². The molecular weight excluding hydrogens is 430 g/mol. The van der Waals surface area contributed by atoms with Crippen molar-refractivity contribution in [3.05, 3.63) is 60.1 Å². The van der Waals surface area contributed by atoms with Gasteiger partial charge in [-0.05, 0) is 47.5 Å². The summed E-state index contributed by atoms with van der Waals surface area (Å²) in [5.41, 5.74) is 1.52. The number of fused-ring (bicyclic) bond motifs is 1. The number of ether oxygens (including phenoxy) is 1. The molecule has 0 bridgehead atoms. The number of hydrogen-bond donors (Lipinski definition) is 0. The first-order valence-electron chi connectivity index (χ1n) is 9.55. The van der Waals surface area contributed by atoms with Gasteiger partial charge in [-0.3, -0.25) is 9.55 Å². The number of rotatable bonds is 6. The van der Waals surface area contributed by atoms with Crippen LogP contribution in [0.15, 0.2) is 64.5 Å². The lowest BCUT2D eigenvalue weighted by Gasteiger charge is -2.11. The average Bonchev–Trinajstić information content (AvgIpc) is 3.47. The lowest BCUT2D eigenvalue weighted by molar-refractivity contribution is 0.414. The molecule has 5 aromatic rings. The Labute approximate surface area is 186 Å². The molecule has 0 unspecified atom stereocenters. The number of aromatic nitrogens is 7. The number of aryl methyl sites for hydroxylation is 1. The van der Waals surface area contributed by atoms with Gasteiger partial charge < -0.3 is 4.74 Å². The van der Waals surface area contributed by atoms with Gasteiger partial charge in [0.15, 0.2) is 5.82 Å². The summed E-state index contributed by atoms with van der Waals surface area (Å²) in [5, 5.41) is 13.5. The molecule has 1 aromatic carbocycles. The van der Waals surface area contributed by atoms with Gasteiger partial charge in [0, 0.05) is 24.2 Å². The smallest absolute Gasteiger partial charge is 0.202 e. The number of benzene rings is 1. The highest BCUT2D eigenvalue weighted by atomic mass is 32.2. The lowest BCUT2D eigenvalue weighted by Crippen LogP contribution is -2.02. The second kappa shape index (κ2) is 8.40. The van der Waals surface area contributed by atoms with E-state index < -0.39 is 0 Å². The highest BCUT2D eigenvalue weighted by Crippen LogP contribution is 2.35. The Balaban J connectivity index is 1.66. The minimum absolute atomic E-state index is 0.604. The molecule has 154 valence electrons. The molecule has 0 fully saturated rings. The second-order valence-corrected chi connectivity index (χ2v) is 8.32. The van der Waals surface area contributed by atoms with Gasteiger partial charge in [-0.1, -0.05) is 6.92 Å². The van der Waals surface area contributed by atoms with Gasteiger partial charge in [0.25, 0.3) is 0 Å². The van der Waals surface area contributed by atoms with Crippen LogP contribution in [0.3, 0.4) is 0 Å². The van der Waals surface area contributed by atoms with Crippen molar-refractivity contribution >= 4 is 33.3 Å². The minimum Gasteiger partial charge on any atom is -0.497 e. The number of thiophene rings is 1. The predicted octanol–water partition coefficient (Wildman–Crippen LogP) is 4.45. The molecule has 0 N–H and O–H groups in total. The first-order chi connectivity index (χ1) is 15.3. The van der Waals surface area contributed by atoms with Gasteiger partial charge in [-0.2, -0.15) is 0 Å². The van der Waals surface area contributed by atoms with Crippen molar-refractivity contribution in [3.8, 4) is 23.0 Å². The van der Waals surface area contributed by atoms with E-state index in [9.17, 15) is 0 Å². The van der Waals surface area contributed by atoms with Gasteiger partial charge in [0.05, 0.1) is 19.0 Å². The number of nitrogens with zero attached hydrogens (tertiary/aromatic N) is 7. The Morgan fingerprint density at radius 1 is 1.06 bits per heavy atom. The molecule has 4 aromatic heterocycles. The van der Waals surface area contributed by atoms with E-state index in [1.165, 1.54) is 11.8 Å². The van der Waals surface area contributed by atoms with Crippen LogP contribution in [0.2, 0.25) is 0 Å². The van der Waals surface area contributed by atoms with Gasteiger partial charge in [-0.15, -0.1) is 21.5 Å². The zero-order valence-electron chi connectivity index (χ0n) is 16.8. The molecule has 0 amide bonds. The largest absolute Gasteiger partial charge is 0.497 e. The highest BCUT2D eigenvalue weighted by Gasteiger charge is 2.20. The zero-order chi connectivity index (χ0) is 21.2. The van der Waals surface area contributed by atoms with Crippen LogP contribution >= 0.6 is 23.1 Å². The summed E-state index contributed by atoms with van der Waals surface area (Å²) < 4.78 is 7.27. The molecular formula is C21H17N7OS2. The highest BCUT2D eigenvalue weighted by molar-refractivity contribution is 7.99. The minimum atomic E-state index is 0.604. The molecule has 0 aliphatic heterocycles. The van der Waals surface area contributed by atoms with E-state index in [2.05, 4.69) is 32.1 Å². The van der Waals surface area contributed by atoms with Crippen LogP contribution in [0.5, 0.6) is 5.75 Å². The maximum Gasteiger partial charge on any atom is 0.202 e. The first-order valence-corrected chi connectivity index (χ1v) is 11.2. The van der Waals surface area contributed by atoms with E-state index in [1.807, 2.05) is 40.3 Å². The maximum absolute atomic E-state index is 5.31. The summed E-state index contributed by atoms with van der Waals surface area (Å²) in [7, 11) is 1.65. The van der Waals surface area contributed by atoms with Crippen LogP contribution in [-0.4, -0.2) is 41.8 Å². The third kappa shape index (κ3) is 3.75. The Morgan fingerprint density at radius 3 is 2.68 bits per heavy atom. The van der Waals surface area contributed by atoms with Gasteiger partial charge in [0.1, 0.15) is 27.1 Å². The summed E-state index contributed by atoms with van der Waals surface area (Å²) in [5.74, 6) is 2.18. The van der Waals surface area contributed by atoms with Gasteiger partial charge in [0.2, 0.25) is 5.16 Å². The quantitative estimate of drug-likeness (QED) is 0.353. The first kappa shape index (κ1) is 19.6. The van der Waals surface area contributed by atoms with Crippen LogP contribution in [0.25, 0.3) is 27.4 Å². The topological polar surface area (TPSA) is 91.5 Å². The Kier molecular flexibility index (Phi) is 5.31. The summed E-state index contributed by atoms with van der Waals surface area (Å²) in [6, 6.07) is 9.77. The summed E-state index contributed by atoms with van der Waals surface area (Å²) in [6.45, 7) is 2.05. The maximum atomic E-state index is 5.31. The molecule has 0 spiro atoms. The summed E-state index contributed by atoms with van der Waals surface area (Å²) in [4.78, 5) is 19.0. The zero-order valence-corrected chi connectivity index (χ0v) is 18.4. The fraction of sp³-hybridized carbons (Fsp3) is 0.143. The number of methoxy groups -OCH3 is 1. The van der Waals surface area contributed by atoms with Crippen molar-refractivity contribution in [1.29, 1.82) is 0 Å². The van der Waals surface area contributed by atoms with Crippen LogP contribution in [0.4, 0.5) is 0 Å². The van der Waals surface area contributed by atoms with E-state index >= 15 is 0 Å². The SMILES string of the molecule is CCc1nc(Sc2nnc(-c3cnccn3)n2-c2ccc(OC)cc2)c2ccsc2n1. The van der Waals surface area contributed by atoms with Crippen molar-refractivity contribution < 1.29 is 4.74 Å². The monoisotopic (exact) mass is 447 g/mol. The van der Waals surface area contributed by atoms with Crippen molar-refractivity contribution in [1.82, 2.24) is 34.7 Å². The van der Waals surface area contributed by atoms with Gasteiger partial charge >= 0.3 is 0 Å². The molecule has 10 heteroatoms. The van der Waals surface area contributed by atoms with Crippen molar-refractivity contribution in [2.24, 2.45) is 0 Å². The molecule has 0 saturated heterocycles. The molecule has 0 aliphatic rings. The molecule has 0 aliphatic carbocycles. The van der Waals surface area contributed by atoms with Gasteiger partial charge in [-0.25, -0.2) is 15.0 Å². The molecule has 0 radical (unpaired) electrons. The standard InChI is InChI=1S/C21H17N7OS2/c1-3-17-24-19-15(8-11-30-19)20(25-17)31-21-27-26-18(16-12-22-9-10-23-16)28(21)13-4-6-14(29-2)7-5-13/h4-12H,3H2,1-2H3. The normalized spacial score (nSPS) is 11.2.